The zero-order valence-electron chi connectivity index (χ0n) is 11.7. The second-order valence-electron chi connectivity index (χ2n) is 5.64. The first-order valence-corrected chi connectivity index (χ1v) is 5.90. The first-order chi connectivity index (χ1) is 7.71. The van der Waals surface area contributed by atoms with Crippen molar-refractivity contribution in [2.24, 2.45) is 4.99 Å². The normalized spacial score (nSPS) is 15.9. The van der Waals surface area contributed by atoms with Crippen LogP contribution in [0.1, 0.15) is 41.0 Å². The molecule has 6 heteroatoms. The Morgan fingerprint density at radius 1 is 1.33 bits per heavy atom. The van der Waals surface area contributed by atoms with E-state index in [0.717, 1.165) is 13.0 Å². The predicted molar refractivity (Wildman–Crippen MR) is 76.6 cm³/mol. The molecule has 5 nitrogen and oxygen atoms in total. The number of hydrogen-bond acceptors (Lipinski definition) is 4. The van der Waals surface area contributed by atoms with Crippen LogP contribution in [0.4, 0.5) is 4.79 Å². The van der Waals surface area contributed by atoms with E-state index in [2.05, 4.69) is 10.3 Å². The van der Waals surface area contributed by atoms with Gasteiger partial charge in [0.25, 0.3) is 0 Å². The molecule has 0 spiro atoms. The Kier molecular flexibility index (Phi) is 6.13. The summed E-state index contributed by atoms with van der Waals surface area (Å²) in [5.74, 6) is 0.564. The average molecular weight is 323 g/mol. The summed E-state index contributed by atoms with van der Waals surface area (Å²) in [6.45, 7) is 10.6. The Morgan fingerprint density at radius 3 is 2.39 bits per heavy atom. The van der Waals surface area contributed by atoms with Gasteiger partial charge in [0.1, 0.15) is 11.1 Å². The number of ether oxygens (including phenoxy) is 2. The number of aliphatic imine (C=N–C) groups is 1. The first kappa shape index (κ1) is 17.2. The molecule has 0 saturated carbocycles. The largest absolute Gasteiger partial charge is 0.479 e. The molecule has 106 valence electrons. The maximum Gasteiger partial charge on any atom is 0.408 e. The summed E-state index contributed by atoms with van der Waals surface area (Å²) >= 11 is 0. The van der Waals surface area contributed by atoms with Crippen LogP contribution in [-0.4, -0.2) is 36.3 Å². The Labute approximate surface area is 119 Å². The van der Waals surface area contributed by atoms with E-state index >= 15 is 0 Å². The third kappa shape index (κ3) is 5.71. The zero-order valence-corrected chi connectivity index (χ0v) is 13.4. The Hall–Kier alpha value is -0.780. The first-order valence-electron chi connectivity index (χ1n) is 5.90. The van der Waals surface area contributed by atoms with Crippen LogP contribution in [0, 0.1) is 0 Å². The van der Waals surface area contributed by atoms with Crippen molar-refractivity contribution in [3.05, 3.63) is 0 Å². The van der Waals surface area contributed by atoms with E-state index in [4.69, 9.17) is 9.47 Å². The molecule has 0 aromatic heterocycles. The van der Waals surface area contributed by atoms with E-state index in [1.807, 2.05) is 34.6 Å². The molecule has 1 amide bonds. The van der Waals surface area contributed by atoms with Crippen molar-refractivity contribution in [1.29, 1.82) is 0 Å². The van der Waals surface area contributed by atoms with Gasteiger partial charge < -0.3 is 14.8 Å². The van der Waals surface area contributed by atoms with Crippen molar-refractivity contribution in [3.8, 4) is 0 Å². The van der Waals surface area contributed by atoms with Crippen LogP contribution in [0.2, 0.25) is 0 Å². The SMILES string of the molecule is Br.CC(C)(C)OC(=O)NC(C)(C)C1=NCCCO1. The Morgan fingerprint density at radius 2 is 1.94 bits per heavy atom. The molecule has 1 aliphatic heterocycles. The van der Waals surface area contributed by atoms with Gasteiger partial charge in [-0.2, -0.15) is 0 Å². The summed E-state index contributed by atoms with van der Waals surface area (Å²) in [7, 11) is 0. The van der Waals surface area contributed by atoms with Gasteiger partial charge in [-0.1, -0.05) is 0 Å². The van der Waals surface area contributed by atoms with Crippen molar-refractivity contribution >= 4 is 29.0 Å². The molecule has 0 radical (unpaired) electrons. The quantitative estimate of drug-likeness (QED) is 0.850. The minimum Gasteiger partial charge on any atom is -0.479 e. The van der Waals surface area contributed by atoms with Gasteiger partial charge in [-0.3, -0.25) is 4.99 Å². The number of carbonyl (C=O) groups excluding carboxylic acids is 1. The molecule has 0 aromatic rings. The van der Waals surface area contributed by atoms with Gasteiger partial charge in [-0.05, 0) is 34.6 Å². The molecule has 1 heterocycles. The summed E-state index contributed by atoms with van der Waals surface area (Å²) in [6.07, 6.45) is 0.464. The van der Waals surface area contributed by atoms with E-state index in [9.17, 15) is 4.79 Å². The van der Waals surface area contributed by atoms with Gasteiger partial charge in [-0.25, -0.2) is 4.79 Å². The number of halogens is 1. The number of alkyl carbamates (subject to hydrolysis) is 1. The van der Waals surface area contributed by atoms with Gasteiger partial charge in [-0.15, -0.1) is 17.0 Å². The molecular formula is C12H23BrN2O3. The molecule has 0 aromatic carbocycles. The van der Waals surface area contributed by atoms with Crippen LogP contribution in [0.3, 0.4) is 0 Å². The fourth-order valence-corrected chi connectivity index (χ4v) is 1.45. The number of nitrogens with zero attached hydrogens (tertiary/aromatic N) is 1. The van der Waals surface area contributed by atoms with Gasteiger partial charge in [0, 0.05) is 13.0 Å². The number of nitrogens with one attached hydrogen (secondary N) is 1. The zero-order chi connectivity index (χ0) is 13.1. The van der Waals surface area contributed by atoms with Crippen molar-refractivity contribution in [2.45, 2.75) is 52.2 Å². The monoisotopic (exact) mass is 322 g/mol. The maximum absolute atomic E-state index is 11.7. The number of amides is 1. The number of rotatable bonds is 2. The standard InChI is InChI=1S/C12H22N2O3.BrH/c1-11(2,3)17-10(15)14-12(4,5)9-13-7-6-8-16-9;/h6-8H2,1-5H3,(H,14,15);1H. The maximum atomic E-state index is 11.7. The van der Waals surface area contributed by atoms with Gasteiger partial charge in [0.05, 0.1) is 6.61 Å². The molecular weight excluding hydrogens is 300 g/mol. The Balaban J connectivity index is 0.00000289. The Bertz CT molecular complexity index is 322. The summed E-state index contributed by atoms with van der Waals surface area (Å²) in [5.41, 5.74) is -1.14. The van der Waals surface area contributed by atoms with E-state index < -0.39 is 17.2 Å². The second-order valence-corrected chi connectivity index (χ2v) is 5.64. The molecule has 0 atom stereocenters. The van der Waals surface area contributed by atoms with E-state index in [0.29, 0.717) is 12.5 Å². The van der Waals surface area contributed by atoms with Crippen molar-refractivity contribution < 1.29 is 14.3 Å². The highest BCUT2D eigenvalue weighted by Crippen LogP contribution is 2.13. The summed E-state index contributed by atoms with van der Waals surface area (Å²) in [6, 6.07) is 0. The topological polar surface area (TPSA) is 59.9 Å². The summed E-state index contributed by atoms with van der Waals surface area (Å²) < 4.78 is 10.7. The highest BCUT2D eigenvalue weighted by molar-refractivity contribution is 8.93. The van der Waals surface area contributed by atoms with Crippen molar-refractivity contribution in [3.63, 3.8) is 0 Å². The van der Waals surface area contributed by atoms with E-state index in [1.165, 1.54) is 0 Å². The molecule has 1 rings (SSSR count). The van der Waals surface area contributed by atoms with Crippen LogP contribution in [0.15, 0.2) is 4.99 Å². The summed E-state index contributed by atoms with van der Waals surface area (Å²) in [5, 5.41) is 2.77. The highest BCUT2D eigenvalue weighted by atomic mass is 79.9. The lowest BCUT2D eigenvalue weighted by Crippen LogP contribution is -2.52. The van der Waals surface area contributed by atoms with Crippen LogP contribution < -0.4 is 5.32 Å². The highest BCUT2D eigenvalue weighted by Gasteiger charge is 2.31. The molecule has 18 heavy (non-hydrogen) atoms. The number of carbonyl (C=O) groups is 1. The predicted octanol–water partition coefficient (Wildman–Crippen LogP) is 2.69. The third-order valence-corrected chi connectivity index (χ3v) is 2.14. The second kappa shape index (κ2) is 6.41. The minimum absolute atomic E-state index is 0. The lowest BCUT2D eigenvalue weighted by Gasteiger charge is -2.30. The third-order valence-electron chi connectivity index (χ3n) is 2.14. The van der Waals surface area contributed by atoms with E-state index in [-0.39, 0.29) is 17.0 Å². The summed E-state index contributed by atoms with van der Waals surface area (Å²) in [4.78, 5) is 15.9. The average Bonchev–Trinajstić information content (AvgIpc) is 2.15. The molecule has 0 bridgehead atoms. The van der Waals surface area contributed by atoms with E-state index in [1.54, 1.807) is 0 Å². The smallest absolute Gasteiger partial charge is 0.408 e. The van der Waals surface area contributed by atoms with Crippen LogP contribution in [-0.2, 0) is 9.47 Å². The lowest BCUT2D eigenvalue weighted by molar-refractivity contribution is 0.0486. The molecule has 0 unspecified atom stereocenters. The van der Waals surface area contributed by atoms with Gasteiger partial charge in [0.2, 0.25) is 5.90 Å². The number of hydrogen-bond donors (Lipinski definition) is 1. The fourth-order valence-electron chi connectivity index (χ4n) is 1.45. The lowest BCUT2D eigenvalue weighted by atomic mass is 10.1. The molecule has 1 aliphatic rings. The van der Waals surface area contributed by atoms with Crippen LogP contribution in [0.5, 0.6) is 0 Å². The van der Waals surface area contributed by atoms with Crippen molar-refractivity contribution in [2.75, 3.05) is 13.2 Å². The molecule has 1 N–H and O–H groups in total. The molecule has 0 saturated heterocycles. The van der Waals surface area contributed by atoms with Gasteiger partial charge >= 0.3 is 6.09 Å². The molecule has 0 aliphatic carbocycles. The van der Waals surface area contributed by atoms with Crippen molar-refractivity contribution in [1.82, 2.24) is 5.32 Å². The fraction of sp³-hybridized carbons (Fsp3) is 0.833. The minimum atomic E-state index is -0.636. The van der Waals surface area contributed by atoms with Gasteiger partial charge in [0.15, 0.2) is 0 Å². The molecule has 0 fully saturated rings. The van der Waals surface area contributed by atoms with Crippen LogP contribution in [0.25, 0.3) is 0 Å². The van der Waals surface area contributed by atoms with Crippen LogP contribution >= 0.6 is 17.0 Å².